The summed E-state index contributed by atoms with van der Waals surface area (Å²) in [5.74, 6) is -0.241. The highest BCUT2D eigenvalue weighted by Gasteiger charge is 2.72. The summed E-state index contributed by atoms with van der Waals surface area (Å²) in [6.07, 6.45) is 5.72. The number of fused-ring (bicyclic) bond motifs is 7. The van der Waals surface area contributed by atoms with Crippen molar-refractivity contribution in [1.82, 2.24) is 0 Å². The van der Waals surface area contributed by atoms with Crippen molar-refractivity contribution in [2.45, 2.75) is 125 Å². The van der Waals surface area contributed by atoms with Gasteiger partial charge in [0.05, 0.1) is 30.8 Å². The molecule has 0 saturated heterocycles. The van der Waals surface area contributed by atoms with Crippen LogP contribution in [0.5, 0.6) is 0 Å². The molecular formula is C35H56O7. The largest absolute Gasteiger partial charge is 0.456 e. The van der Waals surface area contributed by atoms with E-state index in [0.29, 0.717) is 30.8 Å². The minimum Gasteiger partial charge on any atom is -0.456 e. The SMILES string of the molecule is CC=C(C)C(=O)OC1C(O)C2(CO)C(O)CC3(C)C(=CCC4C5(C)CCC(O)C(C)(CO)C5CCC43C)C2CC1(C)C. The van der Waals surface area contributed by atoms with Gasteiger partial charge in [-0.1, -0.05) is 59.3 Å². The van der Waals surface area contributed by atoms with E-state index in [1.165, 1.54) is 5.57 Å². The van der Waals surface area contributed by atoms with Crippen LogP contribution in [0.25, 0.3) is 0 Å². The van der Waals surface area contributed by atoms with Gasteiger partial charge >= 0.3 is 5.97 Å². The predicted molar refractivity (Wildman–Crippen MR) is 161 cm³/mol. The fourth-order valence-electron chi connectivity index (χ4n) is 11.5. The number of allylic oxidation sites excluding steroid dienone is 3. The molecule has 0 heterocycles. The molecule has 12 unspecified atom stereocenters. The molecule has 0 amide bonds. The number of hydrogen-bond acceptors (Lipinski definition) is 7. The van der Waals surface area contributed by atoms with Crippen molar-refractivity contribution in [3.05, 3.63) is 23.3 Å². The lowest BCUT2D eigenvalue weighted by Gasteiger charge is -2.72. The van der Waals surface area contributed by atoms with Crippen LogP contribution < -0.4 is 0 Å². The normalized spacial score (nSPS) is 51.8. The van der Waals surface area contributed by atoms with Gasteiger partial charge in [0.1, 0.15) is 12.2 Å². The van der Waals surface area contributed by atoms with Crippen LogP contribution in [0, 0.1) is 50.2 Å². The minimum absolute atomic E-state index is 0.0255. The first-order valence-electron chi connectivity index (χ1n) is 16.2. The van der Waals surface area contributed by atoms with Gasteiger partial charge in [0, 0.05) is 16.4 Å². The lowest BCUT2D eigenvalue weighted by atomic mass is 9.33. The molecule has 0 aromatic rings. The maximum Gasteiger partial charge on any atom is 0.333 e. The van der Waals surface area contributed by atoms with E-state index in [1.54, 1.807) is 19.9 Å². The Bertz CT molecular complexity index is 1160. The van der Waals surface area contributed by atoms with Crippen LogP contribution in [-0.4, -0.2) is 69.1 Å². The summed E-state index contributed by atoms with van der Waals surface area (Å²) in [7, 11) is 0. The predicted octanol–water partition coefficient (Wildman–Crippen LogP) is 4.54. The fourth-order valence-corrected chi connectivity index (χ4v) is 11.5. The minimum atomic E-state index is -1.23. The first kappa shape index (κ1) is 32.2. The van der Waals surface area contributed by atoms with Gasteiger partial charge in [-0.2, -0.15) is 0 Å². The molecule has 238 valence electrons. The van der Waals surface area contributed by atoms with Crippen molar-refractivity contribution in [2.24, 2.45) is 50.2 Å². The van der Waals surface area contributed by atoms with Crippen molar-refractivity contribution in [2.75, 3.05) is 13.2 Å². The Kier molecular flexibility index (Phi) is 7.76. The fraction of sp³-hybridized carbons (Fsp3) is 0.857. The van der Waals surface area contributed by atoms with Gasteiger partial charge in [0.2, 0.25) is 0 Å². The standard InChI is InChI=1S/C35H56O7/c1-9-20(2)29(41)42-28-27(40)35(19-37)22(16-30(28,3)4)21-10-11-24-31(5)14-13-25(38)32(6,18-36)23(31)12-15-33(24,7)34(21,8)17-26(35)39/h9-10,22-28,36-40H,11-19H2,1-8H3. The lowest BCUT2D eigenvalue weighted by molar-refractivity contribution is -0.262. The molecule has 4 fully saturated rings. The number of esters is 1. The van der Waals surface area contributed by atoms with Crippen LogP contribution in [0.3, 0.4) is 0 Å². The number of aliphatic hydroxyl groups is 5. The summed E-state index contributed by atoms with van der Waals surface area (Å²) >= 11 is 0. The Morgan fingerprint density at radius 1 is 0.952 bits per heavy atom. The van der Waals surface area contributed by atoms with E-state index >= 15 is 0 Å². The van der Waals surface area contributed by atoms with Crippen LogP contribution in [0.15, 0.2) is 23.3 Å². The van der Waals surface area contributed by atoms with Crippen molar-refractivity contribution >= 4 is 5.97 Å². The summed E-state index contributed by atoms with van der Waals surface area (Å²) in [4.78, 5) is 12.9. The molecule has 0 aromatic heterocycles. The topological polar surface area (TPSA) is 127 Å². The first-order chi connectivity index (χ1) is 19.4. The smallest absolute Gasteiger partial charge is 0.333 e. The highest BCUT2D eigenvalue weighted by molar-refractivity contribution is 5.87. The van der Waals surface area contributed by atoms with E-state index < -0.39 is 53.2 Å². The third-order valence-corrected chi connectivity index (χ3v) is 14.5. The Morgan fingerprint density at radius 2 is 1.62 bits per heavy atom. The zero-order valence-electron chi connectivity index (χ0n) is 27.1. The second-order valence-corrected chi connectivity index (χ2v) is 16.5. The van der Waals surface area contributed by atoms with E-state index in [4.69, 9.17) is 4.74 Å². The maximum absolute atomic E-state index is 12.9. The molecular weight excluding hydrogens is 532 g/mol. The Balaban J connectivity index is 1.58. The van der Waals surface area contributed by atoms with Crippen LogP contribution in [0.1, 0.15) is 100 Å². The molecule has 0 radical (unpaired) electrons. The zero-order chi connectivity index (χ0) is 31.3. The van der Waals surface area contributed by atoms with Gasteiger partial charge in [-0.3, -0.25) is 0 Å². The third-order valence-electron chi connectivity index (χ3n) is 14.5. The van der Waals surface area contributed by atoms with Crippen molar-refractivity contribution < 1.29 is 35.1 Å². The molecule has 7 heteroatoms. The molecule has 4 saturated carbocycles. The molecule has 5 rings (SSSR count). The van der Waals surface area contributed by atoms with Crippen LogP contribution in [0.4, 0.5) is 0 Å². The summed E-state index contributed by atoms with van der Waals surface area (Å²) in [6, 6.07) is 0. The van der Waals surface area contributed by atoms with Gasteiger partial charge in [-0.05, 0) is 92.8 Å². The monoisotopic (exact) mass is 588 g/mol. The van der Waals surface area contributed by atoms with Gasteiger partial charge in [0.25, 0.3) is 0 Å². The molecule has 0 bridgehead atoms. The van der Waals surface area contributed by atoms with Crippen LogP contribution >= 0.6 is 0 Å². The number of ether oxygens (including phenoxy) is 1. The first-order valence-corrected chi connectivity index (χ1v) is 16.2. The van der Waals surface area contributed by atoms with E-state index in [1.807, 2.05) is 13.8 Å². The second-order valence-electron chi connectivity index (χ2n) is 16.5. The van der Waals surface area contributed by atoms with Gasteiger partial charge < -0.3 is 30.3 Å². The van der Waals surface area contributed by atoms with Gasteiger partial charge in [-0.25, -0.2) is 4.79 Å². The summed E-state index contributed by atoms with van der Waals surface area (Å²) in [5.41, 5.74) is -1.25. The number of aliphatic hydroxyl groups excluding tert-OH is 5. The molecule has 5 aliphatic carbocycles. The van der Waals surface area contributed by atoms with Gasteiger partial charge in [-0.15, -0.1) is 0 Å². The molecule has 42 heavy (non-hydrogen) atoms. The van der Waals surface area contributed by atoms with E-state index in [0.717, 1.165) is 25.7 Å². The Hall–Kier alpha value is -1.25. The second kappa shape index (κ2) is 10.1. The molecule has 12 atom stereocenters. The number of carbonyl (C=O) groups is 1. The molecule has 7 nitrogen and oxygen atoms in total. The summed E-state index contributed by atoms with van der Waals surface area (Å²) in [5, 5.41) is 56.6. The Morgan fingerprint density at radius 3 is 2.21 bits per heavy atom. The van der Waals surface area contributed by atoms with Gasteiger partial charge in [0.15, 0.2) is 0 Å². The third kappa shape index (κ3) is 3.92. The Labute approximate surface area is 252 Å². The molecule has 0 aromatic carbocycles. The lowest BCUT2D eigenvalue weighted by Crippen LogP contribution is -2.72. The average Bonchev–Trinajstić information content (AvgIpc) is 2.93. The van der Waals surface area contributed by atoms with Crippen LogP contribution in [-0.2, 0) is 9.53 Å². The molecule has 5 aliphatic rings. The van der Waals surface area contributed by atoms with Crippen molar-refractivity contribution in [3.8, 4) is 0 Å². The molecule has 0 aliphatic heterocycles. The van der Waals surface area contributed by atoms with Crippen LogP contribution in [0.2, 0.25) is 0 Å². The van der Waals surface area contributed by atoms with E-state index in [-0.39, 0.29) is 34.7 Å². The van der Waals surface area contributed by atoms with E-state index in [2.05, 4.69) is 33.8 Å². The maximum atomic E-state index is 12.9. The highest BCUT2D eigenvalue weighted by Crippen LogP contribution is 2.75. The quantitative estimate of drug-likeness (QED) is 0.185. The number of hydrogen-bond donors (Lipinski definition) is 5. The number of carbonyl (C=O) groups excluding carboxylic acids is 1. The highest BCUT2D eigenvalue weighted by atomic mass is 16.6. The summed E-state index contributed by atoms with van der Waals surface area (Å²) in [6.45, 7) is 16.2. The molecule has 5 N–H and O–H groups in total. The average molecular weight is 589 g/mol. The summed E-state index contributed by atoms with van der Waals surface area (Å²) < 4.78 is 5.93. The number of rotatable bonds is 4. The van der Waals surface area contributed by atoms with Crippen molar-refractivity contribution in [3.63, 3.8) is 0 Å². The zero-order valence-corrected chi connectivity index (χ0v) is 27.1. The van der Waals surface area contributed by atoms with E-state index in [9.17, 15) is 30.3 Å². The van der Waals surface area contributed by atoms with Crippen molar-refractivity contribution in [1.29, 1.82) is 0 Å². The molecule has 0 spiro atoms.